The molecule has 0 bridgehead atoms. The molecule has 0 heteroatoms. The van der Waals surface area contributed by atoms with Gasteiger partial charge in [-0.05, 0) is 84.4 Å². The molecule has 126 valence electrons. The highest BCUT2D eigenvalue weighted by Gasteiger charge is 2.65. The Morgan fingerprint density at radius 1 is 0.818 bits per heavy atom. The van der Waals surface area contributed by atoms with Crippen molar-refractivity contribution in [3.63, 3.8) is 0 Å². The molecule has 0 radical (unpaired) electrons. The van der Waals surface area contributed by atoms with E-state index in [1.54, 1.807) is 19.3 Å². The van der Waals surface area contributed by atoms with Gasteiger partial charge in [0.2, 0.25) is 0 Å². The van der Waals surface area contributed by atoms with E-state index in [-0.39, 0.29) is 0 Å². The van der Waals surface area contributed by atoms with Crippen LogP contribution in [-0.2, 0) is 0 Å². The van der Waals surface area contributed by atoms with Crippen LogP contribution in [-0.4, -0.2) is 0 Å². The molecular formula is C22H38. The Labute approximate surface area is 138 Å². The van der Waals surface area contributed by atoms with Gasteiger partial charge in [-0.2, -0.15) is 0 Å². The normalized spacial score (nSPS) is 56.9. The van der Waals surface area contributed by atoms with Crippen molar-refractivity contribution in [1.29, 1.82) is 0 Å². The van der Waals surface area contributed by atoms with Crippen LogP contribution in [0.15, 0.2) is 0 Å². The fraction of sp³-hybridized carbons (Fsp3) is 1.00. The van der Waals surface area contributed by atoms with Crippen LogP contribution in [0.5, 0.6) is 0 Å². The zero-order chi connectivity index (χ0) is 15.7. The summed E-state index contributed by atoms with van der Waals surface area (Å²) in [6, 6.07) is 0. The molecule has 0 aromatic heterocycles. The minimum absolute atomic E-state index is 0.600. The summed E-state index contributed by atoms with van der Waals surface area (Å²) >= 11 is 0. The van der Waals surface area contributed by atoms with E-state index in [2.05, 4.69) is 34.6 Å². The molecule has 0 N–H and O–H groups in total. The molecule has 4 saturated carbocycles. The first-order valence-electron chi connectivity index (χ1n) is 10.3. The van der Waals surface area contributed by atoms with Crippen LogP contribution in [0, 0.1) is 52.3 Å². The third-order valence-corrected chi connectivity index (χ3v) is 9.08. The van der Waals surface area contributed by atoms with Gasteiger partial charge in [0.25, 0.3) is 0 Å². The van der Waals surface area contributed by atoms with E-state index < -0.39 is 0 Å². The monoisotopic (exact) mass is 302 g/mol. The third-order valence-electron chi connectivity index (χ3n) is 9.08. The van der Waals surface area contributed by atoms with Crippen LogP contribution in [0.2, 0.25) is 0 Å². The molecule has 4 rings (SSSR count). The number of hydrogen-bond acceptors (Lipinski definition) is 0. The van der Waals surface area contributed by atoms with Gasteiger partial charge in [0, 0.05) is 0 Å². The van der Waals surface area contributed by atoms with Crippen LogP contribution >= 0.6 is 0 Å². The maximum absolute atomic E-state index is 2.70. The Kier molecular flexibility index (Phi) is 3.53. The van der Waals surface area contributed by atoms with E-state index in [0.29, 0.717) is 10.8 Å². The predicted molar refractivity (Wildman–Crippen MR) is 94.6 cm³/mol. The lowest BCUT2D eigenvalue weighted by Crippen LogP contribution is -2.39. The van der Waals surface area contributed by atoms with Gasteiger partial charge in [-0.3, -0.25) is 0 Å². The number of hydrogen-bond donors (Lipinski definition) is 0. The van der Waals surface area contributed by atoms with Gasteiger partial charge in [0.05, 0.1) is 0 Å². The van der Waals surface area contributed by atoms with Crippen molar-refractivity contribution in [2.24, 2.45) is 52.3 Å². The average Bonchev–Trinajstić information content (AvgIpc) is 2.97. The second kappa shape index (κ2) is 5.00. The van der Waals surface area contributed by atoms with Crippen molar-refractivity contribution in [1.82, 2.24) is 0 Å². The van der Waals surface area contributed by atoms with Crippen molar-refractivity contribution < 1.29 is 0 Å². The van der Waals surface area contributed by atoms with Gasteiger partial charge < -0.3 is 0 Å². The van der Waals surface area contributed by atoms with Crippen LogP contribution in [0.1, 0.15) is 86.0 Å². The lowest BCUT2D eigenvalue weighted by atomic mass is 9.58. The largest absolute Gasteiger partial charge is 0.0625 e. The second-order valence-electron chi connectivity index (χ2n) is 10.9. The quantitative estimate of drug-likeness (QED) is 0.476. The fourth-order valence-corrected chi connectivity index (χ4v) is 7.84. The minimum atomic E-state index is 0.600. The number of fused-ring (bicyclic) bond motifs is 2. The van der Waals surface area contributed by atoms with Crippen LogP contribution in [0.25, 0.3) is 0 Å². The number of rotatable bonds is 0. The summed E-state index contributed by atoms with van der Waals surface area (Å²) < 4.78 is 0. The first kappa shape index (κ1) is 15.5. The van der Waals surface area contributed by atoms with Gasteiger partial charge in [-0.15, -0.1) is 0 Å². The van der Waals surface area contributed by atoms with Crippen molar-refractivity contribution in [3.8, 4) is 0 Å². The Morgan fingerprint density at radius 3 is 2.32 bits per heavy atom. The lowest BCUT2D eigenvalue weighted by Gasteiger charge is -2.47. The van der Waals surface area contributed by atoms with Crippen molar-refractivity contribution in [2.45, 2.75) is 86.0 Å². The molecule has 0 aromatic rings. The molecule has 0 heterocycles. The highest BCUT2D eigenvalue weighted by atomic mass is 14.7. The zero-order valence-corrected chi connectivity index (χ0v) is 15.7. The molecule has 8 unspecified atom stereocenters. The molecule has 0 amide bonds. The summed E-state index contributed by atoms with van der Waals surface area (Å²) in [7, 11) is 0. The van der Waals surface area contributed by atoms with Crippen LogP contribution in [0.4, 0.5) is 0 Å². The second-order valence-corrected chi connectivity index (χ2v) is 10.9. The molecule has 0 spiro atoms. The van der Waals surface area contributed by atoms with Gasteiger partial charge in [-0.1, -0.05) is 53.9 Å². The molecule has 4 aliphatic carbocycles. The Bertz CT molecular complexity index is 435. The van der Waals surface area contributed by atoms with E-state index >= 15 is 0 Å². The van der Waals surface area contributed by atoms with Crippen molar-refractivity contribution >= 4 is 0 Å². The summed E-state index contributed by atoms with van der Waals surface area (Å²) in [6.07, 6.45) is 12.3. The summed E-state index contributed by atoms with van der Waals surface area (Å²) in [5, 5.41) is 0. The smallest absolute Gasteiger partial charge is 0.0235 e. The van der Waals surface area contributed by atoms with E-state index in [0.717, 1.165) is 41.4 Å². The average molecular weight is 303 g/mol. The summed E-state index contributed by atoms with van der Waals surface area (Å²) in [5.74, 6) is 7.29. The first-order valence-corrected chi connectivity index (χ1v) is 10.3. The molecular weight excluding hydrogens is 264 g/mol. The van der Waals surface area contributed by atoms with E-state index in [4.69, 9.17) is 0 Å². The van der Waals surface area contributed by atoms with Gasteiger partial charge in [-0.25, -0.2) is 0 Å². The van der Waals surface area contributed by atoms with Crippen LogP contribution in [0.3, 0.4) is 0 Å². The Balaban J connectivity index is 1.73. The van der Waals surface area contributed by atoms with E-state index in [1.165, 1.54) is 32.1 Å². The Morgan fingerprint density at radius 2 is 1.55 bits per heavy atom. The highest BCUT2D eigenvalue weighted by molar-refractivity contribution is 5.13. The zero-order valence-electron chi connectivity index (χ0n) is 15.7. The minimum Gasteiger partial charge on any atom is -0.0625 e. The maximum Gasteiger partial charge on any atom is -0.0235 e. The molecule has 0 aliphatic heterocycles. The first-order chi connectivity index (χ1) is 10.3. The molecule has 0 saturated heterocycles. The standard InChI is InChI=1S/C22H38/c1-14-11-16-7-6-8-17-13-21(3,4)10-9-18(20(16)17)22(5)15(2)19(22)12-14/h14-20H,6-13H2,1-5H3. The van der Waals surface area contributed by atoms with Gasteiger partial charge in [0.15, 0.2) is 0 Å². The molecule has 0 aromatic carbocycles. The summed E-state index contributed by atoms with van der Waals surface area (Å²) in [6.45, 7) is 13.0. The Hall–Kier alpha value is 0. The molecule has 4 aliphatic rings. The van der Waals surface area contributed by atoms with Crippen LogP contribution < -0.4 is 0 Å². The van der Waals surface area contributed by atoms with Crippen molar-refractivity contribution in [2.75, 3.05) is 0 Å². The summed E-state index contributed by atoms with van der Waals surface area (Å²) in [4.78, 5) is 0. The van der Waals surface area contributed by atoms with E-state index in [9.17, 15) is 0 Å². The lowest BCUT2D eigenvalue weighted by molar-refractivity contribution is 0.0202. The molecule has 8 atom stereocenters. The maximum atomic E-state index is 2.70. The highest BCUT2D eigenvalue weighted by Crippen LogP contribution is 2.72. The molecule has 22 heavy (non-hydrogen) atoms. The molecule has 0 nitrogen and oxygen atoms in total. The van der Waals surface area contributed by atoms with E-state index in [1.807, 2.05) is 0 Å². The SMILES string of the molecule is CC1CC2CCCC3CC(C)(C)CCC(C23)C2(C)C(C)C2C1. The van der Waals surface area contributed by atoms with Gasteiger partial charge >= 0.3 is 0 Å². The summed E-state index contributed by atoms with van der Waals surface area (Å²) in [5.41, 5.74) is 1.30. The van der Waals surface area contributed by atoms with Crippen molar-refractivity contribution in [3.05, 3.63) is 0 Å². The fourth-order valence-electron chi connectivity index (χ4n) is 7.84. The third kappa shape index (κ3) is 2.22. The predicted octanol–water partition coefficient (Wildman–Crippen LogP) is 6.55. The topological polar surface area (TPSA) is 0 Å². The van der Waals surface area contributed by atoms with Gasteiger partial charge in [0.1, 0.15) is 0 Å². The molecule has 4 fully saturated rings.